The van der Waals surface area contributed by atoms with Gasteiger partial charge in [-0.2, -0.15) is 0 Å². The summed E-state index contributed by atoms with van der Waals surface area (Å²) in [5, 5.41) is 0. The average molecular weight is 306 g/mol. The van der Waals surface area contributed by atoms with Crippen LogP contribution in [-0.4, -0.2) is 73.1 Å². The molecule has 0 N–H and O–H groups in total. The van der Waals surface area contributed by atoms with Crippen LogP contribution in [0, 0.1) is 11.3 Å². The third-order valence-corrected chi connectivity index (χ3v) is 7.48. The first kappa shape index (κ1) is 15.4. The zero-order chi connectivity index (χ0) is 15.2. The van der Waals surface area contributed by atoms with Gasteiger partial charge in [0, 0.05) is 25.2 Å². The smallest absolute Gasteiger partial charge is 0.0120 e. The molecule has 0 unspecified atom stereocenters. The second kappa shape index (κ2) is 6.07. The third kappa shape index (κ3) is 2.85. The fraction of sp³-hybridized carbons (Fsp3) is 1.00. The fourth-order valence-electron chi connectivity index (χ4n) is 5.50. The minimum absolute atomic E-state index is 0.754. The van der Waals surface area contributed by atoms with Crippen LogP contribution >= 0.6 is 0 Å². The van der Waals surface area contributed by atoms with E-state index < -0.39 is 0 Å². The summed E-state index contributed by atoms with van der Waals surface area (Å²) in [6.45, 7) is 10.5. The van der Waals surface area contributed by atoms with Gasteiger partial charge in [-0.3, -0.25) is 4.90 Å². The molecule has 0 aromatic carbocycles. The second-order valence-electron chi connectivity index (χ2n) is 8.86. The van der Waals surface area contributed by atoms with Crippen LogP contribution in [-0.2, 0) is 0 Å². The number of piperidine rings is 2. The number of hydrogen-bond donors (Lipinski definition) is 0. The summed E-state index contributed by atoms with van der Waals surface area (Å²) in [5.41, 5.74) is 0.754. The van der Waals surface area contributed by atoms with Crippen molar-refractivity contribution in [2.24, 2.45) is 11.3 Å². The highest BCUT2D eigenvalue weighted by Crippen LogP contribution is 2.52. The van der Waals surface area contributed by atoms with Crippen LogP contribution < -0.4 is 0 Å². The molecule has 0 amide bonds. The highest BCUT2D eigenvalue weighted by atomic mass is 15.2. The molecule has 1 spiro atoms. The number of rotatable bonds is 3. The van der Waals surface area contributed by atoms with Gasteiger partial charge in [-0.1, -0.05) is 13.3 Å². The molecule has 3 heteroatoms. The zero-order valence-electron chi connectivity index (χ0n) is 14.8. The van der Waals surface area contributed by atoms with Crippen LogP contribution in [0.25, 0.3) is 0 Å². The first-order valence-corrected chi connectivity index (χ1v) is 9.84. The molecule has 1 aliphatic carbocycles. The quantitative estimate of drug-likeness (QED) is 0.794. The van der Waals surface area contributed by atoms with E-state index >= 15 is 0 Å². The minimum Gasteiger partial charge on any atom is -0.306 e. The Morgan fingerprint density at radius 2 is 1.50 bits per heavy atom. The zero-order valence-corrected chi connectivity index (χ0v) is 14.8. The number of hydrogen-bond acceptors (Lipinski definition) is 3. The first-order valence-electron chi connectivity index (χ1n) is 9.84. The molecule has 0 aromatic rings. The number of likely N-dealkylation sites (tertiary alicyclic amines) is 3. The Bertz CT molecular complexity index is 366. The van der Waals surface area contributed by atoms with Crippen LogP contribution in [0.15, 0.2) is 0 Å². The van der Waals surface area contributed by atoms with E-state index in [-0.39, 0.29) is 0 Å². The molecule has 3 heterocycles. The van der Waals surface area contributed by atoms with Gasteiger partial charge in [0.05, 0.1) is 0 Å². The van der Waals surface area contributed by atoms with Crippen LogP contribution in [0.4, 0.5) is 0 Å². The molecule has 3 nitrogen and oxygen atoms in total. The molecule has 0 bridgehead atoms. The Balaban J connectivity index is 1.20. The van der Waals surface area contributed by atoms with Gasteiger partial charge in [0.15, 0.2) is 0 Å². The van der Waals surface area contributed by atoms with Gasteiger partial charge in [0.1, 0.15) is 0 Å². The third-order valence-electron chi connectivity index (χ3n) is 7.48. The van der Waals surface area contributed by atoms with Crippen molar-refractivity contribution in [2.45, 2.75) is 64.0 Å². The molecule has 4 fully saturated rings. The van der Waals surface area contributed by atoms with Crippen LogP contribution in [0.1, 0.15) is 51.9 Å². The van der Waals surface area contributed by atoms with Crippen LogP contribution in [0.2, 0.25) is 0 Å². The fourth-order valence-corrected chi connectivity index (χ4v) is 5.50. The molecule has 1 saturated carbocycles. The predicted molar refractivity (Wildman–Crippen MR) is 92.1 cm³/mol. The maximum absolute atomic E-state index is 2.84. The summed E-state index contributed by atoms with van der Waals surface area (Å²) in [5.74, 6) is 1.02. The summed E-state index contributed by atoms with van der Waals surface area (Å²) < 4.78 is 0. The van der Waals surface area contributed by atoms with E-state index in [1.54, 1.807) is 0 Å². The van der Waals surface area contributed by atoms with Gasteiger partial charge in [-0.05, 0) is 83.1 Å². The Labute approximate surface area is 137 Å². The molecule has 3 aliphatic heterocycles. The van der Waals surface area contributed by atoms with Gasteiger partial charge in [0.2, 0.25) is 0 Å². The maximum Gasteiger partial charge on any atom is 0.0120 e. The van der Waals surface area contributed by atoms with E-state index in [0.29, 0.717) is 0 Å². The summed E-state index contributed by atoms with van der Waals surface area (Å²) in [4.78, 5) is 8.11. The van der Waals surface area contributed by atoms with Gasteiger partial charge in [-0.15, -0.1) is 0 Å². The Morgan fingerprint density at radius 1 is 0.864 bits per heavy atom. The monoisotopic (exact) mass is 305 g/mol. The Hall–Kier alpha value is -0.120. The van der Waals surface area contributed by atoms with Crippen molar-refractivity contribution in [3.05, 3.63) is 0 Å². The molecular formula is C19H35N3. The lowest BCUT2D eigenvalue weighted by atomic mass is 9.59. The summed E-state index contributed by atoms with van der Waals surface area (Å²) in [6.07, 6.45) is 10.2. The Kier molecular flexibility index (Phi) is 4.25. The van der Waals surface area contributed by atoms with E-state index in [0.717, 1.165) is 23.4 Å². The van der Waals surface area contributed by atoms with E-state index in [1.165, 1.54) is 84.2 Å². The topological polar surface area (TPSA) is 9.72 Å². The maximum atomic E-state index is 2.84. The van der Waals surface area contributed by atoms with E-state index in [4.69, 9.17) is 0 Å². The van der Waals surface area contributed by atoms with Crippen molar-refractivity contribution in [3.8, 4) is 0 Å². The standard InChI is InChI=1S/C19H35N3/c1-3-16-14-22(15-16)18-12-19(13-18)6-10-21(11-7-19)17-4-8-20(2)9-5-17/h16-18H,3-15H2,1-2H3. The molecule has 126 valence electrons. The predicted octanol–water partition coefficient (Wildman–Crippen LogP) is 2.67. The molecular weight excluding hydrogens is 270 g/mol. The van der Waals surface area contributed by atoms with Crippen molar-refractivity contribution in [2.75, 3.05) is 46.3 Å². The van der Waals surface area contributed by atoms with Crippen molar-refractivity contribution in [1.29, 1.82) is 0 Å². The van der Waals surface area contributed by atoms with Crippen molar-refractivity contribution in [1.82, 2.24) is 14.7 Å². The van der Waals surface area contributed by atoms with Crippen LogP contribution in [0.3, 0.4) is 0 Å². The van der Waals surface area contributed by atoms with Crippen molar-refractivity contribution < 1.29 is 0 Å². The molecule has 4 aliphatic rings. The van der Waals surface area contributed by atoms with Gasteiger partial charge >= 0.3 is 0 Å². The minimum atomic E-state index is 0.754. The lowest BCUT2D eigenvalue weighted by Crippen LogP contribution is -2.61. The first-order chi connectivity index (χ1) is 10.7. The highest BCUT2D eigenvalue weighted by Gasteiger charge is 2.50. The lowest BCUT2D eigenvalue weighted by molar-refractivity contribution is -0.0858. The van der Waals surface area contributed by atoms with Gasteiger partial charge < -0.3 is 9.80 Å². The summed E-state index contributed by atoms with van der Waals surface area (Å²) in [7, 11) is 2.27. The molecule has 0 atom stereocenters. The van der Waals surface area contributed by atoms with Crippen molar-refractivity contribution in [3.63, 3.8) is 0 Å². The highest BCUT2D eigenvalue weighted by molar-refractivity contribution is 5.03. The van der Waals surface area contributed by atoms with Gasteiger partial charge in [-0.25, -0.2) is 0 Å². The normalized spacial score (nSPS) is 33.0. The van der Waals surface area contributed by atoms with Gasteiger partial charge in [0.25, 0.3) is 0 Å². The van der Waals surface area contributed by atoms with Crippen molar-refractivity contribution >= 4 is 0 Å². The summed E-state index contributed by atoms with van der Waals surface area (Å²) >= 11 is 0. The molecule has 22 heavy (non-hydrogen) atoms. The number of nitrogens with zero attached hydrogens (tertiary/aromatic N) is 3. The summed E-state index contributed by atoms with van der Waals surface area (Å²) in [6, 6.07) is 1.85. The molecule has 3 saturated heterocycles. The van der Waals surface area contributed by atoms with Crippen LogP contribution in [0.5, 0.6) is 0 Å². The molecule has 4 rings (SSSR count). The average Bonchev–Trinajstić information content (AvgIpc) is 2.46. The SMILES string of the molecule is CCC1CN(C2CC3(CCN(C4CCN(C)CC4)CC3)C2)C1. The second-order valence-corrected chi connectivity index (χ2v) is 8.86. The van der Waals surface area contributed by atoms with E-state index in [9.17, 15) is 0 Å². The van der Waals surface area contributed by atoms with E-state index in [1.807, 2.05) is 0 Å². The lowest BCUT2D eigenvalue weighted by Gasteiger charge is -2.59. The molecule has 0 radical (unpaired) electrons. The largest absolute Gasteiger partial charge is 0.306 e. The Morgan fingerprint density at radius 3 is 2.09 bits per heavy atom. The molecule has 0 aromatic heterocycles. The van der Waals surface area contributed by atoms with E-state index in [2.05, 4.69) is 28.7 Å².